The fraction of sp³-hybridized carbons (Fsp3) is 0.571. The van der Waals surface area contributed by atoms with E-state index < -0.39 is 4.92 Å². The van der Waals surface area contributed by atoms with Crippen molar-refractivity contribution in [2.75, 3.05) is 26.2 Å². The van der Waals surface area contributed by atoms with Gasteiger partial charge >= 0.3 is 0 Å². The lowest BCUT2D eigenvalue weighted by atomic mass is 10.3. The van der Waals surface area contributed by atoms with Crippen molar-refractivity contribution in [3.8, 4) is 5.75 Å². The van der Waals surface area contributed by atoms with Crippen molar-refractivity contribution in [1.29, 1.82) is 0 Å². The second-order valence-electron chi connectivity index (χ2n) is 4.44. The normalized spacial score (nSPS) is 10.7. The summed E-state index contributed by atoms with van der Waals surface area (Å²) in [5.74, 6) is 0.558. The van der Waals surface area contributed by atoms with Crippen LogP contribution in [0.1, 0.15) is 26.7 Å². The molecule has 19 heavy (non-hydrogen) atoms. The first-order valence-corrected chi connectivity index (χ1v) is 6.77. The smallest absolute Gasteiger partial charge is 0.273 e. The highest BCUT2D eigenvalue weighted by molar-refractivity contribution is 5.37. The summed E-state index contributed by atoms with van der Waals surface area (Å²) in [6, 6.07) is 6.32. The van der Waals surface area contributed by atoms with Crippen LogP contribution >= 0.6 is 0 Å². The fourth-order valence-electron chi connectivity index (χ4n) is 1.95. The Morgan fingerprint density at radius 1 is 1.21 bits per heavy atom. The monoisotopic (exact) mass is 266 g/mol. The average Bonchev–Trinajstić information content (AvgIpc) is 2.39. The quantitative estimate of drug-likeness (QED) is 0.509. The van der Waals surface area contributed by atoms with Gasteiger partial charge in [-0.3, -0.25) is 15.0 Å². The Balaban J connectivity index is 2.43. The minimum atomic E-state index is -0.409. The van der Waals surface area contributed by atoms with Crippen LogP contribution in [0.4, 0.5) is 5.69 Å². The van der Waals surface area contributed by atoms with E-state index in [-0.39, 0.29) is 5.69 Å². The lowest BCUT2D eigenvalue weighted by molar-refractivity contribution is -0.384. The van der Waals surface area contributed by atoms with Crippen LogP contribution in [0.25, 0.3) is 0 Å². The maximum atomic E-state index is 10.6. The highest BCUT2D eigenvalue weighted by Gasteiger charge is 2.07. The molecule has 1 aromatic carbocycles. The average molecular weight is 266 g/mol. The van der Waals surface area contributed by atoms with Gasteiger partial charge in [0.05, 0.1) is 11.0 Å². The molecular weight excluding hydrogens is 244 g/mol. The van der Waals surface area contributed by atoms with E-state index in [0.717, 1.165) is 32.5 Å². The van der Waals surface area contributed by atoms with Crippen molar-refractivity contribution < 1.29 is 9.66 Å². The van der Waals surface area contributed by atoms with Gasteiger partial charge in [0.2, 0.25) is 0 Å². The summed E-state index contributed by atoms with van der Waals surface area (Å²) in [7, 11) is 0. The number of nitro benzene ring substituents is 1. The first-order valence-electron chi connectivity index (χ1n) is 6.77. The molecule has 0 radical (unpaired) electrons. The summed E-state index contributed by atoms with van der Waals surface area (Å²) in [6.07, 6.45) is 2.24. The molecule has 1 aromatic rings. The topological polar surface area (TPSA) is 55.6 Å². The maximum Gasteiger partial charge on any atom is 0.273 e. The molecule has 0 atom stereocenters. The van der Waals surface area contributed by atoms with Crippen molar-refractivity contribution in [3.63, 3.8) is 0 Å². The molecule has 0 heterocycles. The Morgan fingerprint density at radius 3 is 2.47 bits per heavy atom. The molecule has 5 heteroatoms. The van der Waals surface area contributed by atoms with Crippen LogP contribution in [0.15, 0.2) is 24.3 Å². The number of hydrogen-bond donors (Lipinski definition) is 0. The fourth-order valence-corrected chi connectivity index (χ4v) is 1.95. The molecule has 0 spiro atoms. The lowest BCUT2D eigenvalue weighted by Gasteiger charge is -2.20. The van der Waals surface area contributed by atoms with Crippen LogP contribution in [0.3, 0.4) is 0 Å². The first-order chi connectivity index (χ1) is 9.17. The lowest BCUT2D eigenvalue weighted by Crippen LogP contribution is -2.30. The predicted molar refractivity (Wildman–Crippen MR) is 75.6 cm³/mol. The largest absolute Gasteiger partial charge is 0.492 e. The number of non-ortho nitro benzene ring substituents is 1. The standard InChI is InChI=1S/C14H22N2O3/c1-3-8-15(9-4-2)10-11-19-14-7-5-6-13(12-14)16(17)18/h5-7,12H,3-4,8-11H2,1-2H3. The SMILES string of the molecule is CCCN(CCC)CCOc1cccc([N+](=O)[O-])c1. The minimum absolute atomic E-state index is 0.0662. The summed E-state index contributed by atoms with van der Waals surface area (Å²) in [4.78, 5) is 12.6. The molecular formula is C14H22N2O3. The number of ether oxygens (including phenoxy) is 1. The van der Waals surface area contributed by atoms with Crippen LogP contribution in [-0.4, -0.2) is 36.1 Å². The van der Waals surface area contributed by atoms with Crippen molar-refractivity contribution in [2.45, 2.75) is 26.7 Å². The Kier molecular flexibility index (Phi) is 6.89. The van der Waals surface area contributed by atoms with E-state index in [1.807, 2.05) is 0 Å². The molecule has 0 N–H and O–H groups in total. The zero-order chi connectivity index (χ0) is 14.1. The minimum Gasteiger partial charge on any atom is -0.492 e. The van der Waals surface area contributed by atoms with Gasteiger partial charge in [0.25, 0.3) is 5.69 Å². The van der Waals surface area contributed by atoms with Gasteiger partial charge in [0.15, 0.2) is 0 Å². The van der Waals surface area contributed by atoms with Crippen LogP contribution in [-0.2, 0) is 0 Å². The van der Waals surface area contributed by atoms with Gasteiger partial charge in [-0.15, -0.1) is 0 Å². The van der Waals surface area contributed by atoms with Crippen LogP contribution in [0.2, 0.25) is 0 Å². The molecule has 0 aliphatic heterocycles. The molecule has 0 aliphatic rings. The van der Waals surface area contributed by atoms with E-state index >= 15 is 0 Å². The van der Waals surface area contributed by atoms with Crippen LogP contribution in [0, 0.1) is 10.1 Å². The Hall–Kier alpha value is -1.62. The maximum absolute atomic E-state index is 10.6. The van der Waals surface area contributed by atoms with E-state index in [9.17, 15) is 10.1 Å². The van der Waals surface area contributed by atoms with Crippen molar-refractivity contribution in [3.05, 3.63) is 34.4 Å². The van der Waals surface area contributed by atoms with Gasteiger partial charge in [0.1, 0.15) is 12.4 Å². The van der Waals surface area contributed by atoms with E-state index in [0.29, 0.717) is 12.4 Å². The molecule has 0 fully saturated rings. The molecule has 106 valence electrons. The third-order valence-electron chi connectivity index (χ3n) is 2.78. The molecule has 0 saturated heterocycles. The summed E-state index contributed by atoms with van der Waals surface area (Å²) in [5, 5.41) is 10.6. The second kappa shape index (κ2) is 8.48. The summed E-state index contributed by atoms with van der Waals surface area (Å²) >= 11 is 0. The molecule has 5 nitrogen and oxygen atoms in total. The molecule has 0 amide bonds. The van der Waals surface area contributed by atoms with Gasteiger partial charge in [-0.25, -0.2) is 0 Å². The number of nitrogens with zero attached hydrogens (tertiary/aromatic N) is 2. The summed E-state index contributed by atoms with van der Waals surface area (Å²) in [5.41, 5.74) is 0.0662. The zero-order valence-electron chi connectivity index (χ0n) is 11.7. The van der Waals surface area contributed by atoms with Gasteiger partial charge in [-0.2, -0.15) is 0 Å². The number of benzene rings is 1. The number of nitro groups is 1. The van der Waals surface area contributed by atoms with Crippen LogP contribution < -0.4 is 4.74 Å². The second-order valence-corrected chi connectivity index (χ2v) is 4.44. The summed E-state index contributed by atoms with van der Waals surface area (Å²) < 4.78 is 5.57. The van der Waals surface area contributed by atoms with E-state index in [1.165, 1.54) is 12.1 Å². The Morgan fingerprint density at radius 2 is 1.89 bits per heavy atom. The van der Waals surface area contributed by atoms with E-state index in [4.69, 9.17) is 4.74 Å². The third-order valence-corrected chi connectivity index (χ3v) is 2.78. The van der Waals surface area contributed by atoms with Crippen molar-refractivity contribution >= 4 is 5.69 Å². The molecule has 0 bridgehead atoms. The van der Waals surface area contributed by atoms with Gasteiger partial charge < -0.3 is 4.74 Å². The zero-order valence-corrected chi connectivity index (χ0v) is 11.7. The molecule has 0 aromatic heterocycles. The highest BCUT2D eigenvalue weighted by atomic mass is 16.6. The molecule has 1 rings (SSSR count). The van der Waals surface area contributed by atoms with Crippen molar-refractivity contribution in [1.82, 2.24) is 4.90 Å². The number of hydrogen-bond acceptors (Lipinski definition) is 4. The van der Waals surface area contributed by atoms with E-state index in [2.05, 4.69) is 18.7 Å². The molecule has 0 unspecified atom stereocenters. The van der Waals surface area contributed by atoms with Gasteiger partial charge in [0, 0.05) is 12.6 Å². The van der Waals surface area contributed by atoms with Crippen molar-refractivity contribution in [2.24, 2.45) is 0 Å². The first kappa shape index (κ1) is 15.4. The Labute approximate surface area is 114 Å². The van der Waals surface area contributed by atoms with Crippen LogP contribution in [0.5, 0.6) is 5.75 Å². The Bertz CT molecular complexity index is 390. The van der Waals surface area contributed by atoms with Gasteiger partial charge in [-0.1, -0.05) is 19.9 Å². The molecule has 0 aliphatic carbocycles. The predicted octanol–water partition coefficient (Wildman–Crippen LogP) is 3.10. The summed E-state index contributed by atoms with van der Waals surface area (Å²) in [6.45, 7) is 7.85. The highest BCUT2D eigenvalue weighted by Crippen LogP contribution is 2.18. The third kappa shape index (κ3) is 5.70. The van der Waals surface area contributed by atoms with Gasteiger partial charge in [-0.05, 0) is 32.0 Å². The molecule has 0 saturated carbocycles. The number of rotatable bonds is 9. The van der Waals surface area contributed by atoms with E-state index in [1.54, 1.807) is 12.1 Å².